The Morgan fingerprint density at radius 2 is 2.04 bits per heavy atom. The van der Waals surface area contributed by atoms with Gasteiger partial charge >= 0.3 is 5.97 Å². The summed E-state index contributed by atoms with van der Waals surface area (Å²) in [6, 6.07) is 0. The molecule has 0 bridgehead atoms. The van der Waals surface area contributed by atoms with Crippen LogP contribution in [-0.2, 0) is 23.9 Å². The Bertz CT molecular complexity index is 622. The van der Waals surface area contributed by atoms with E-state index >= 15 is 0 Å². The van der Waals surface area contributed by atoms with E-state index in [2.05, 4.69) is 6.58 Å². The van der Waals surface area contributed by atoms with Crippen molar-refractivity contribution < 1.29 is 23.9 Å². The van der Waals surface area contributed by atoms with Crippen molar-refractivity contribution in [1.82, 2.24) is 0 Å². The molecule has 6 atom stereocenters. The summed E-state index contributed by atoms with van der Waals surface area (Å²) in [4.78, 5) is 37.6. The maximum absolute atomic E-state index is 12.9. The first kappa shape index (κ1) is 18.3. The number of Topliss-reactive ketones (excluding diaryl/α,β-unsaturated/α-hetero) is 2. The van der Waals surface area contributed by atoms with Crippen LogP contribution >= 0.6 is 0 Å². The average Bonchev–Trinajstić information content (AvgIpc) is 3.01. The first-order valence-corrected chi connectivity index (χ1v) is 9.23. The summed E-state index contributed by atoms with van der Waals surface area (Å²) in [6.45, 7) is 11.5. The molecular weight excluding hydrogens is 320 g/mol. The van der Waals surface area contributed by atoms with E-state index in [0.29, 0.717) is 19.3 Å². The van der Waals surface area contributed by atoms with Gasteiger partial charge in [-0.1, -0.05) is 26.0 Å². The van der Waals surface area contributed by atoms with Crippen LogP contribution in [0.2, 0.25) is 0 Å². The van der Waals surface area contributed by atoms with Gasteiger partial charge in [0.15, 0.2) is 11.7 Å². The van der Waals surface area contributed by atoms with Crippen LogP contribution in [0.1, 0.15) is 53.4 Å². The number of esters is 1. The molecule has 0 spiro atoms. The van der Waals surface area contributed by atoms with Crippen LogP contribution in [0.15, 0.2) is 12.2 Å². The van der Waals surface area contributed by atoms with E-state index in [-0.39, 0.29) is 53.7 Å². The standard InChI is InChI=1S/C20H28O5/c1-10(2)6-17(22)24-18-14(9-16-20(5,25-16)19(18)23)13-7-12(11(3)4)8-15(13)21/h10,12-14,16,18H,3,6-9H2,1-2,4-5H3/t12-,13+,14+,16+,18+,20+/m1/s1. The fraction of sp³-hybridized carbons (Fsp3) is 0.750. The first-order chi connectivity index (χ1) is 11.6. The Morgan fingerprint density at radius 3 is 2.60 bits per heavy atom. The van der Waals surface area contributed by atoms with Gasteiger partial charge in [-0.15, -0.1) is 0 Å². The second-order valence-electron chi connectivity index (χ2n) is 8.54. The van der Waals surface area contributed by atoms with Gasteiger partial charge in [0.25, 0.3) is 0 Å². The number of ether oxygens (including phenoxy) is 2. The van der Waals surface area contributed by atoms with Gasteiger partial charge in [0.2, 0.25) is 5.78 Å². The smallest absolute Gasteiger partial charge is 0.306 e. The van der Waals surface area contributed by atoms with E-state index in [1.165, 1.54) is 0 Å². The number of ketones is 2. The quantitative estimate of drug-likeness (QED) is 0.434. The van der Waals surface area contributed by atoms with E-state index in [4.69, 9.17) is 9.47 Å². The van der Waals surface area contributed by atoms with E-state index < -0.39 is 11.7 Å². The van der Waals surface area contributed by atoms with Gasteiger partial charge in [0.05, 0.1) is 6.10 Å². The van der Waals surface area contributed by atoms with Gasteiger partial charge in [-0.2, -0.15) is 0 Å². The van der Waals surface area contributed by atoms with Crippen LogP contribution < -0.4 is 0 Å². The first-order valence-electron chi connectivity index (χ1n) is 9.23. The second kappa shape index (κ2) is 6.35. The van der Waals surface area contributed by atoms with E-state index in [1.54, 1.807) is 6.92 Å². The zero-order valence-electron chi connectivity index (χ0n) is 15.5. The molecule has 5 nitrogen and oxygen atoms in total. The maximum Gasteiger partial charge on any atom is 0.306 e. The lowest BCUT2D eigenvalue weighted by Crippen LogP contribution is -2.50. The molecule has 0 N–H and O–H groups in total. The molecule has 5 heteroatoms. The largest absolute Gasteiger partial charge is 0.454 e. The zero-order chi connectivity index (χ0) is 18.5. The van der Waals surface area contributed by atoms with Gasteiger partial charge in [-0.05, 0) is 38.5 Å². The predicted octanol–water partition coefficient (Wildman–Crippen LogP) is 2.86. The molecule has 1 aliphatic heterocycles. The molecule has 0 aromatic heterocycles. The van der Waals surface area contributed by atoms with E-state index in [9.17, 15) is 14.4 Å². The SMILES string of the molecule is C=C(C)[C@H]1CC(=O)[C@H]([C@@H]2C[C@@H]3O[C@]3(C)C(=O)[C@H]2OC(=O)CC(C)C)C1. The van der Waals surface area contributed by atoms with Crippen molar-refractivity contribution in [1.29, 1.82) is 0 Å². The number of hydrogen-bond acceptors (Lipinski definition) is 5. The Morgan fingerprint density at radius 1 is 1.36 bits per heavy atom. The molecule has 1 saturated heterocycles. The van der Waals surface area contributed by atoms with Crippen LogP contribution in [0.3, 0.4) is 0 Å². The maximum atomic E-state index is 12.9. The van der Waals surface area contributed by atoms with Crippen LogP contribution in [0.5, 0.6) is 0 Å². The summed E-state index contributed by atoms with van der Waals surface area (Å²) in [7, 11) is 0. The number of rotatable bonds is 5. The molecule has 3 rings (SSSR count). The Balaban J connectivity index is 1.80. The topological polar surface area (TPSA) is 73.0 Å². The number of epoxide rings is 1. The number of hydrogen-bond donors (Lipinski definition) is 0. The molecule has 2 aliphatic carbocycles. The lowest BCUT2D eigenvalue weighted by atomic mass is 9.72. The minimum Gasteiger partial charge on any atom is -0.454 e. The predicted molar refractivity (Wildman–Crippen MR) is 91.8 cm³/mol. The molecule has 0 amide bonds. The van der Waals surface area contributed by atoms with Gasteiger partial charge in [-0.25, -0.2) is 0 Å². The average molecular weight is 348 g/mol. The van der Waals surface area contributed by atoms with Crippen molar-refractivity contribution in [3.05, 3.63) is 12.2 Å². The monoisotopic (exact) mass is 348 g/mol. The highest BCUT2D eigenvalue weighted by Crippen LogP contribution is 2.52. The lowest BCUT2D eigenvalue weighted by Gasteiger charge is -2.33. The Hall–Kier alpha value is -1.49. The summed E-state index contributed by atoms with van der Waals surface area (Å²) in [5, 5.41) is 0. The van der Waals surface area contributed by atoms with Crippen LogP contribution in [0.25, 0.3) is 0 Å². The normalized spacial score (nSPS) is 40.1. The summed E-state index contributed by atoms with van der Waals surface area (Å²) < 4.78 is 11.2. The van der Waals surface area contributed by atoms with Crippen molar-refractivity contribution in [2.24, 2.45) is 23.7 Å². The third kappa shape index (κ3) is 3.31. The highest BCUT2D eigenvalue weighted by molar-refractivity contribution is 5.97. The molecule has 2 saturated carbocycles. The molecule has 25 heavy (non-hydrogen) atoms. The minimum absolute atomic E-state index is 0.151. The third-order valence-corrected chi connectivity index (χ3v) is 6.01. The Labute approximate surface area is 149 Å². The van der Waals surface area contributed by atoms with Crippen molar-refractivity contribution in [2.75, 3.05) is 0 Å². The van der Waals surface area contributed by atoms with Crippen LogP contribution in [0.4, 0.5) is 0 Å². The number of fused-ring (bicyclic) bond motifs is 1. The lowest BCUT2D eigenvalue weighted by molar-refractivity contribution is -0.164. The highest BCUT2D eigenvalue weighted by atomic mass is 16.6. The molecule has 138 valence electrons. The van der Waals surface area contributed by atoms with Crippen LogP contribution in [0, 0.1) is 23.7 Å². The van der Waals surface area contributed by atoms with E-state index in [0.717, 1.165) is 5.57 Å². The fourth-order valence-corrected chi connectivity index (χ4v) is 4.34. The summed E-state index contributed by atoms with van der Waals surface area (Å²) >= 11 is 0. The molecule has 0 radical (unpaired) electrons. The van der Waals surface area contributed by atoms with Gasteiger partial charge < -0.3 is 9.47 Å². The molecule has 0 aromatic rings. The van der Waals surface area contributed by atoms with Crippen molar-refractivity contribution in [3.8, 4) is 0 Å². The number of carbonyl (C=O) groups is 3. The fourth-order valence-electron chi connectivity index (χ4n) is 4.34. The number of allylic oxidation sites excluding steroid dienone is 1. The minimum atomic E-state index is -0.868. The molecular formula is C20H28O5. The summed E-state index contributed by atoms with van der Waals surface area (Å²) in [5.74, 6) is -0.614. The van der Waals surface area contributed by atoms with Gasteiger partial charge in [0, 0.05) is 24.7 Å². The highest BCUT2D eigenvalue weighted by Gasteiger charge is 2.67. The third-order valence-electron chi connectivity index (χ3n) is 6.01. The summed E-state index contributed by atoms with van der Waals surface area (Å²) in [6.07, 6.45) is 1.01. The molecule has 0 aromatic carbocycles. The van der Waals surface area contributed by atoms with E-state index in [1.807, 2.05) is 20.8 Å². The summed E-state index contributed by atoms with van der Waals surface area (Å²) in [5.41, 5.74) is 0.160. The second-order valence-corrected chi connectivity index (χ2v) is 8.54. The van der Waals surface area contributed by atoms with Crippen molar-refractivity contribution >= 4 is 17.5 Å². The molecule has 1 heterocycles. The zero-order valence-corrected chi connectivity index (χ0v) is 15.5. The van der Waals surface area contributed by atoms with Gasteiger partial charge in [0.1, 0.15) is 5.78 Å². The van der Waals surface area contributed by atoms with Gasteiger partial charge in [-0.3, -0.25) is 14.4 Å². The molecule has 3 fully saturated rings. The number of carbonyl (C=O) groups excluding carboxylic acids is 3. The molecule has 0 unspecified atom stereocenters. The van der Waals surface area contributed by atoms with Crippen molar-refractivity contribution in [2.45, 2.75) is 71.2 Å². The van der Waals surface area contributed by atoms with Crippen molar-refractivity contribution in [3.63, 3.8) is 0 Å². The van der Waals surface area contributed by atoms with Crippen LogP contribution in [-0.4, -0.2) is 35.3 Å². The Kier molecular flexibility index (Phi) is 4.65. The molecule has 3 aliphatic rings.